The maximum atomic E-state index is 8.29. The fourth-order valence-corrected chi connectivity index (χ4v) is 9.30. The number of thiophene rings is 1. The largest absolute Gasteiger partial charge is 0.456 e. The van der Waals surface area contributed by atoms with E-state index < -0.39 is 0 Å². The summed E-state index contributed by atoms with van der Waals surface area (Å²) in [7, 11) is 0. The van der Waals surface area contributed by atoms with Crippen molar-refractivity contribution in [3.05, 3.63) is 197 Å². The Balaban J connectivity index is 0.000000160. The zero-order chi connectivity index (χ0) is 40.5. The highest BCUT2D eigenvalue weighted by molar-refractivity contribution is 7.19. The van der Waals surface area contributed by atoms with Gasteiger partial charge in [-0.05, 0) is 105 Å². The molecular formula is C54H43N3OS. The summed E-state index contributed by atoms with van der Waals surface area (Å²) in [5.41, 5.74) is 16.9. The van der Waals surface area contributed by atoms with E-state index in [1.807, 2.05) is 49.4 Å². The third-order valence-electron chi connectivity index (χ3n) is 10.9. The van der Waals surface area contributed by atoms with Crippen LogP contribution in [0.25, 0.3) is 81.9 Å². The predicted octanol–water partition coefficient (Wildman–Crippen LogP) is 14.8. The van der Waals surface area contributed by atoms with Gasteiger partial charge in [-0.2, -0.15) is 0 Å². The SMILES string of the molecule is C/C=C\c1c(CC)sc2cc(C(=N)N=C(N)c3ccccc3)ccc12.Cc1cccc(-c2cccc3oc4ccc(-c5cc6ccccc6c6ccccc56)cc4c23)c1. The minimum atomic E-state index is 0.183. The molecule has 0 bridgehead atoms. The highest BCUT2D eigenvalue weighted by Crippen LogP contribution is 2.41. The van der Waals surface area contributed by atoms with Crippen molar-refractivity contribution in [2.75, 3.05) is 0 Å². The van der Waals surface area contributed by atoms with Gasteiger partial charge < -0.3 is 10.2 Å². The van der Waals surface area contributed by atoms with E-state index >= 15 is 0 Å². The van der Waals surface area contributed by atoms with Crippen LogP contribution < -0.4 is 5.73 Å². The van der Waals surface area contributed by atoms with Gasteiger partial charge in [-0.3, -0.25) is 5.41 Å². The van der Waals surface area contributed by atoms with Crippen LogP contribution in [0.5, 0.6) is 0 Å². The maximum absolute atomic E-state index is 8.29. The molecule has 5 heteroatoms. The Hall–Kier alpha value is -7.08. The van der Waals surface area contributed by atoms with Crippen LogP contribution in [0.4, 0.5) is 0 Å². The van der Waals surface area contributed by atoms with Crippen LogP contribution in [0.2, 0.25) is 0 Å². The van der Waals surface area contributed by atoms with Gasteiger partial charge in [0, 0.05) is 31.5 Å². The number of furan rings is 1. The lowest BCUT2D eigenvalue weighted by Gasteiger charge is -2.11. The summed E-state index contributed by atoms with van der Waals surface area (Å²) in [5, 5.41) is 17.0. The molecule has 10 rings (SSSR count). The van der Waals surface area contributed by atoms with E-state index in [-0.39, 0.29) is 5.84 Å². The van der Waals surface area contributed by atoms with Crippen molar-refractivity contribution in [3.8, 4) is 22.3 Å². The number of hydrogen-bond acceptors (Lipinski definition) is 3. The van der Waals surface area contributed by atoms with Crippen LogP contribution in [0.1, 0.15) is 41.0 Å². The van der Waals surface area contributed by atoms with Gasteiger partial charge in [0.1, 0.15) is 17.0 Å². The van der Waals surface area contributed by atoms with Crippen molar-refractivity contribution < 1.29 is 4.42 Å². The molecule has 286 valence electrons. The average Bonchev–Trinajstić information content (AvgIpc) is 3.84. The summed E-state index contributed by atoms with van der Waals surface area (Å²) in [6.45, 7) is 6.35. The Morgan fingerprint density at radius 2 is 1.39 bits per heavy atom. The summed E-state index contributed by atoms with van der Waals surface area (Å²) in [5.74, 6) is 0.544. The molecule has 0 radical (unpaired) electrons. The van der Waals surface area contributed by atoms with E-state index in [1.165, 1.54) is 75.3 Å². The minimum Gasteiger partial charge on any atom is -0.456 e. The van der Waals surface area contributed by atoms with E-state index in [0.29, 0.717) is 5.84 Å². The molecule has 0 spiro atoms. The Kier molecular flexibility index (Phi) is 10.2. The van der Waals surface area contributed by atoms with Crippen molar-refractivity contribution in [2.45, 2.75) is 27.2 Å². The van der Waals surface area contributed by atoms with Crippen molar-refractivity contribution in [2.24, 2.45) is 10.7 Å². The van der Waals surface area contributed by atoms with Crippen LogP contribution in [0.3, 0.4) is 0 Å². The van der Waals surface area contributed by atoms with Crippen LogP contribution in [-0.2, 0) is 6.42 Å². The number of fused-ring (bicyclic) bond motifs is 7. The van der Waals surface area contributed by atoms with Gasteiger partial charge in [-0.15, -0.1) is 11.3 Å². The standard InChI is InChI=1S/C33H22O.C21H21N3S/c1-21-8-6-10-22(18-21)26-14-7-15-32-33(26)30-20-24(16-17-31(30)34-32)29-19-23-9-2-3-11-25(23)27-12-4-5-13-28(27)29;1-3-8-16-17-12-11-15(13-19(17)25-18(16)4-2)21(23)24-20(22)14-9-6-5-7-10-14/h2-20H,1H3;3,5-13H,4H2,1-2H3,(H3,22,23,24)/b;8-3-. The Morgan fingerprint density at radius 1 is 0.644 bits per heavy atom. The molecule has 3 N–H and O–H groups in total. The van der Waals surface area contributed by atoms with Gasteiger partial charge in [0.05, 0.1) is 0 Å². The lowest BCUT2D eigenvalue weighted by atomic mass is 9.92. The molecule has 0 aliphatic carbocycles. The zero-order valence-corrected chi connectivity index (χ0v) is 34.1. The molecule has 59 heavy (non-hydrogen) atoms. The van der Waals surface area contributed by atoms with E-state index in [0.717, 1.165) is 34.1 Å². The minimum absolute atomic E-state index is 0.183. The number of allylic oxidation sites excluding steroid dienone is 1. The first-order chi connectivity index (χ1) is 28.9. The molecule has 0 atom stereocenters. The number of aryl methyl sites for hydroxylation is 2. The zero-order valence-electron chi connectivity index (χ0n) is 33.3. The molecule has 0 saturated heterocycles. The first-order valence-corrected chi connectivity index (χ1v) is 20.8. The number of benzene rings is 8. The quantitative estimate of drug-likeness (QED) is 0.100. The lowest BCUT2D eigenvalue weighted by molar-refractivity contribution is 0.669. The van der Waals surface area contributed by atoms with Gasteiger partial charge in [-0.25, -0.2) is 4.99 Å². The molecule has 2 aromatic heterocycles. The molecule has 2 heterocycles. The van der Waals surface area contributed by atoms with Gasteiger partial charge >= 0.3 is 0 Å². The lowest BCUT2D eigenvalue weighted by Crippen LogP contribution is -2.15. The van der Waals surface area contributed by atoms with E-state index in [2.05, 4.69) is 152 Å². The number of rotatable bonds is 6. The van der Waals surface area contributed by atoms with Crippen molar-refractivity contribution in [1.82, 2.24) is 0 Å². The van der Waals surface area contributed by atoms with Gasteiger partial charge in [0.2, 0.25) is 0 Å². The normalized spacial score (nSPS) is 11.9. The fourth-order valence-electron chi connectivity index (χ4n) is 8.13. The molecule has 0 fully saturated rings. The summed E-state index contributed by atoms with van der Waals surface area (Å²) in [6.07, 6.45) is 5.24. The van der Waals surface area contributed by atoms with Crippen molar-refractivity contribution >= 4 is 82.7 Å². The molecule has 0 aliphatic rings. The number of aliphatic imine (C=N–C) groups is 1. The summed E-state index contributed by atoms with van der Waals surface area (Å²) in [4.78, 5) is 5.64. The Labute approximate surface area is 348 Å². The van der Waals surface area contributed by atoms with Gasteiger partial charge in [-0.1, -0.05) is 158 Å². The molecule has 0 aliphatic heterocycles. The van der Waals surface area contributed by atoms with E-state index in [9.17, 15) is 0 Å². The molecule has 0 unspecified atom stereocenters. The second-order valence-electron chi connectivity index (χ2n) is 14.8. The van der Waals surface area contributed by atoms with Gasteiger partial charge in [0.15, 0.2) is 5.84 Å². The average molecular weight is 782 g/mol. The maximum Gasteiger partial charge on any atom is 0.154 e. The molecule has 10 aromatic rings. The second-order valence-corrected chi connectivity index (χ2v) is 15.9. The molecule has 8 aromatic carbocycles. The third kappa shape index (κ3) is 7.22. The number of nitrogens with two attached hydrogens (primary N) is 1. The van der Waals surface area contributed by atoms with Crippen molar-refractivity contribution in [1.29, 1.82) is 5.41 Å². The monoisotopic (exact) mass is 781 g/mol. The third-order valence-corrected chi connectivity index (χ3v) is 12.3. The highest BCUT2D eigenvalue weighted by atomic mass is 32.1. The molecule has 4 nitrogen and oxygen atoms in total. The Morgan fingerprint density at radius 3 is 2.19 bits per heavy atom. The first-order valence-electron chi connectivity index (χ1n) is 20.0. The van der Waals surface area contributed by atoms with Crippen molar-refractivity contribution in [3.63, 3.8) is 0 Å². The van der Waals surface area contributed by atoms with Crippen LogP contribution >= 0.6 is 11.3 Å². The fraction of sp³-hybridized carbons (Fsp3) is 0.0741. The van der Waals surface area contributed by atoms with E-state index in [4.69, 9.17) is 15.6 Å². The summed E-state index contributed by atoms with van der Waals surface area (Å²) < 4.78 is 7.47. The smallest absolute Gasteiger partial charge is 0.154 e. The predicted molar refractivity (Wildman–Crippen MR) is 254 cm³/mol. The van der Waals surface area contributed by atoms with E-state index in [1.54, 1.807) is 11.3 Å². The van der Waals surface area contributed by atoms with Crippen LogP contribution in [0, 0.1) is 12.3 Å². The Bertz CT molecular complexity index is 3260. The number of nitrogens with zero attached hydrogens (tertiary/aromatic N) is 1. The number of hydrogen-bond donors (Lipinski definition) is 2. The topological polar surface area (TPSA) is 75.4 Å². The molecule has 0 amide bonds. The highest BCUT2D eigenvalue weighted by Gasteiger charge is 2.16. The summed E-state index contributed by atoms with van der Waals surface area (Å²) in [6, 6.07) is 56.9. The summed E-state index contributed by atoms with van der Waals surface area (Å²) >= 11 is 1.78. The first kappa shape index (κ1) is 37.5. The van der Waals surface area contributed by atoms with Crippen LogP contribution in [-0.4, -0.2) is 11.7 Å². The molecular weight excluding hydrogens is 739 g/mol. The second kappa shape index (κ2) is 16.0. The van der Waals surface area contributed by atoms with Crippen LogP contribution in [0.15, 0.2) is 179 Å². The van der Waals surface area contributed by atoms with Gasteiger partial charge in [0.25, 0.3) is 0 Å². The number of nitrogens with one attached hydrogen (secondary N) is 1. The number of amidine groups is 2. The molecule has 0 saturated carbocycles.